The first-order valence-electron chi connectivity index (χ1n) is 8.25. The van der Waals surface area contributed by atoms with Crippen molar-refractivity contribution in [1.29, 1.82) is 5.26 Å². The van der Waals surface area contributed by atoms with Crippen LogP contribution in [0.15, 0.2) is 0 Å². The lowest BCUT2D eigenvalue weighted by molar-refractivity contribution is -0.122. The lowest BCUT2D eigenvalue weighted by Gasteiger charge is -2.49. The van der Waals surface area contributed by atoms with Crippen LogP contribution in [0, 0.1) is 22.7 Å². The standard InChI is InChI=1S/C17H29NO2/c1-3-4-14-5-9-16(13-18,10-6-14)17(19)11-7-15(20-2)8-12-17/h14-15,19H,3-12H2,1-2H3. The van der Waals surface area contributed by atoms with Gasteiger partial charge in [0.2, 0.25) is 0 Å². The lowest BCUT2D eigenvalue weighted by atomic mass is 9.57. The molecule has 0 unspecified atom stereocenters. The van der Waals surface area contributed by atoms with Gasteiger partial charge in [-0.2, -0.15) is 5.26 Å². The van der Waals surface area contributed by atoms with Crippen LogP contribution in [0.1, 0.15) is 71.1 Å². The number of rotatable bonds is 4. The van der Waals surface area contributed by atoms with E-state index in [1.54, 1.807) is 7.11 Å². The molecule has 0 aromatic carbocycles. The number of methoxy groups -OCH3 is 1. The van der Waals surface area contributed by atoms with Crippen molar-refractivity contribution in [3.8, 4) is 6.07 Å². The third-order valence-corrected chi connectivity index (χ3v) is 5.85. The monoisotopic (exact) mass is 279 g/mol. The first-order chi connectivity index (χ1) is 9.59. The largest absolute Gasteiger partial charge is 0.388 e. The molecule has 2 rings (SSSR count). The van der Waals surface area contributed by atoms with Crippen LogP contribution in [0.2, 0.25) is 0 Å². The van der Waals surface area contributed by atoms with E-state index in [1.807, 2.05) is 0 Å². The third kappa shape index (κ3) is 2.87. The van der Waals surface area contributed by atoms with Gasteiger partial charge < -0.3 is 9.84 Å². The fourth-order valence-corrected chi connectivity index (χ4v) is 4.33. The molecule has 20 heavy (non-hydrogen) atoms. The van der Waals surface area contributed by atoms with Gasteiger partial charge in [-0.25, -0.2) is 0 Å². The Morgan fingerprint density at radius 2 is 1.75 bits per heavy atom. The molecule has 0 aromatic heterocycles. The Balaban J connectivity index is 2.03. The zero-order valence-electron chi connectivity index (χ0n) is 13.0. The highest BCUT2D eigenvalue weighted by molar-refractivity contribution is 5.14. The van der Waals surface area contributed by atoms with E-state index >= 15 is 0 Å². The maximum atomic E-state index is 11.1. The Hall–Kier alpha value is -0.590. The van der Waals surface area contributed by atoms with Crippen LogP contribution in [-0.4, -0.2) is 23.9 Å². The Morgan fingerprint density at radius 3 is 2.20 bits per heavy atom. The summed E-state index contributed by atoms with van der Waals surface area (Å²) in [5.74, 6) is 0.764. The van der Waals surface area contributed by atoms with Gasteiger partial charge in [0, 0.05) is 7.11 Å². The summed E-state index contributed by atoms with van der Waals surface area (Å²) >= 11 is 0. The van der Waals surface area contributed by atoms with E-state index in [9.17, 15) is 10.4 Å². The van der Waals surface area contributed by atoms with Crippen molar-refractivity contribution in [2.45, 2.75) is 82.8 Å². The van der Waals surface area contributed by atoms with E-state index in [2.05, 4.69) is 13.0 Å². The Bertz CT molecular complexity index is 344. The van der Waals surface area contributed by atoms with Gasteiger partial charge >= 0.3 is 0 Å². The number of hydrogen-bond donors (Lipinski definition) is 1. The predicted octanol–water partition coefficient (Wildman–Crippen LogP) is 3.81. The van der Waals surface area contributed by atoms with Crippen LogP contribution in [0.4, 0.5) is 0 Å². The Kier molecular flexibility index (Phi) is 5.09. The molecular weight excluding hydrogens is 250 g/mol. The third-order valence-electron chi connectivity index (χ3n) is 5.85. The first-order valence-corrected chi connectivity index (χ1v) is 8.25. The van der Waals surface area contributed by atoms with E-state index in [1.165, 1.54) is 12.8 Å². The zero-order chi connectivity index (χ0) is 14.6. The quantitative estimate of drug-likeness (QED) is 0.851. The van der Waals surface area contributed by atoms with Crippen molar-refractivity contribution in [2.24, 2.45) is 11.3 Å². The summed E-state index contributed by atoms with van der Waals surface area (Å²) in [6.07, 6.45) is 9.94. The molecule has 2 fully saturated rings. The van der Waals surface area contributed by atoms with Gasteiger partial charge in [0.1, 0.15) is 0 Å². The summed E-state index contributed by atoms with van der Waals surface area (Å²) in [4.78, 5) is 0. The van der Waals surface area contributed by atoms with Gasteiger partial charge in [0.15, 0.2) is 0 Å². The van der Waals surface area contributed by atoms with Crippen LogP contribution in [-0.2, 0) is 4.74 Å². The van der Waals surface area contributed by atoms with Gasteiger partial charge in [-0.3, -0.25) is 0 Å². The van der Waals surface area contributed by atoms with Crippen molar-refractivity contribution in [2.75, 3.05) is 7.11 Å². The molecule has 0 atom stereocenters. The molecule has 0 spiro atoms. The SMILES string of the molecule is CCCC1CCC(C#N)(C2(O)CCC(OC)CC2)CC1. The van der Waals surface area contributed by atoms with E-state index in [-0.39, 0.29) is 6.10 Å². The molecule has 2 saturated carbocycles. The minimum Gasteiger partial charge on any atom is -0.388 e. The average molecular weight is 279 g/mol. The second-order valence-corrected chi connectivity index (χ2v) is 6.89. The van der Waals surface area contributed by atoms with Crippen LogP contribution in [0.3, 0.4) is 0 Å². The molecule has 2 aliphatic rings. The molecular formula is C17H29NO2. The number of nitriles is 1. The highest BCUT2D eigenvalue weighted by Gasteiger charge is 2.53. The zero-order valence-corrected chi connectivity index (χ0v) is 13.0. The van der Waals surface area contributed by atoms with E-state index in [4.69, 9.17) is 4.74 Å². The number of hydrogen-bond acceptors (Lipinski definition) is 3. The predicted molar refractivity (Wildman–Crippen MR) is 79.1 cm³/mol. The van der Waals surface area contributed by atoms with Gasteiger partial charge in [0.25, 0.3) is 0 Å². The van der Waals surface area contributed by atoms with Crippen molar-refractivity contribution in [3.05, 3.63) is 0 Å². The fraction of sp³-hybridized carbons (Fsp3) is 0.941. The van der Waals surface area contributed by atoms with Crippen LogP contribution < -0.4 is 0 Å². The van der Waals surface area contributed by atoms with Crippen LogP contribution >= 0.6 is 0 Å². The molecule has 1 N–H and O–H groups in total. The molecule has 0 radical (unpaired) electrons. The maximum absolute atomic E-state index is 11.1. The Labute approximate surface area is 123 Å². The summed E-state index contributed by atoms with van der Waals surface area (Å²) in [6.45, 7) is 2.23. The highest BCUT2D eigenvalue weighted by Crippen LogP contribution is 2.52. The van der Waals surface area contributed by atoms with E-state index in [0.717, 1.165) is 57.3 Å². The Morgan fingerprint density at radius 1 is 1.15 bits per heavy atom. The van der Waals surface area contributed by atoms with E-state index in [0.29, 0.717) is 0 Å². The van der Waals surface area contributed by atoms with Gasteiger partial charge in [-0.05, 0) is 57.3 Å². The van der Waals surface area contributed by atoms with Gasteiger partial charge in [-0.15, -0.1) is 0 Å². The maximum Gasteiger partial charge on any atom is 0.0860 e. The van der Waals surface area contributed by atoms with Crippen molar-refractivity contribution >= 4 is 0 Å². The van der Waals surface area contributed by atoms with Gasteiger partial charge in [0.05, 0.1) is 23.2 Å². The topological polar surface area (TPSA) is 53.2 Å². The number of ether oxygens (including phenoxy) is 1. The van der Waals surface area contributed by atoms with Crippen molar-refractivity contribution < 1.29 is 9.84 Å². The molecule has 3 heteroatoms. The average Bonchev–Trinajstić information content (AvgIpc) is 2.49. The second kappa shape index (κ2) is 6.45. The second-order valence-electron chi connectivity index (χ2n) is 6.89. The normalized spacial score (nSPS) is 42.1. The molecule has 2 aliphatic carbocycles. The van der Waals surface area contributed by atoms with Crippen LogP contribution in [0.25, 0.3) is 0 Å². The summed E-state index contributed by atoms with van der Waals surface area (Å²) in [6, 6.07) is 2.53. The summed E-state index contributed by atoms with van der Waals surface area (Å²) in [5, 5.41) is 20.9. The molecule has 0 bridgehead atoms. The molecule has 0 heterocycles. The first kappa shape index (κ1) is 15.8. The number of aliphatic hydroxyl groups is 1. The smallest absolute Gasteiger partial charge is 0.0860 e. The molecule has 114 valence electrons. The summed E-state index contributed by atoms with van der Waals surface area (Å²) in [5.41, 5.74) is -1.29. The van der Waals surface area contributed by atoms with Crippen molar-refractivity contribution in [3.63, 3.8) is 0 Å². The summed E-state index contributed by atoms with van der Waals surface area (Å²) < 4.78 is 5.39. The molecule has 0 aromatic rings. The molecule has 0 aliphatic heterocycles. The minimum absolute atomic E-state index is 0.266. The minimum atomic E-state index is -0.784. The van der Waals surface area contributed by atoms with Crippen LogP contribution in [0.5, 0.6) is 0 Å². The fourth-order valence-electron chi connectivity index (χ4n) is 4.33. The summed E-state index contributed by atoms with van der Waals surface area (Å²) in [7, 11) is 1.74. The number of nitrogens with zero attached hydrogens (tertiary/aromatic N) is 1. The van der Waals surface area contributed by atoms with E-state index < -0.39 is 11.0 Å². The lowest BCUT2D eigenvalue weighted by Crippen LogP contribution is -2.52. The molecule has 0 amide bonds. The van der Waals surface area contributed by atoms with Crippen molar-refractivity contribution in [1.82, 2.24) is 0 Å². The highest BCUT2D eigenvalue weighted by atomic mass is 16.5. The van der Waals surface area contributed by atoms with Gasteiger partial charge in [-0.1, -0.05) is 19.8 Å². The molecule has 3 nitrogen and oxygen atoms in total. The molecule has 0 saturated heterocycles.